The molecule has 1 amide bonds. The summed E-state index contributed by atoms with van der Waals surface area (Å²) in [5, 5.41) is 17.5. The molecule has 1 unspecified atom stereocenters. The molecule has 7 heteroatoms. The average Bonchev–Trinajstić information content (AvgIpc) is 3.55. The number of morpholine rings is 1. The predicted molar refractivity (Wildman–Crippen MR) is 124 cm³/mol. The third-order valence-corrected chi connectivity index (χ3v) is 5.34. The molecular weight excluding hydrogens is 437 g/mol. The first-order valence-corrected chi connectivity index (χ1v) is 11.2. The lowest BCUT2D eigenvalue weighted by Crippen LogP contribution is -2.45. The maximum absolute atomic E-state index is 12.0. The Balaban J connectivity index is 0.000000218. The lowest BCUT2D eigenvalue weighted by atomic mass is 10.0. The Morgan fingerprint density at radius 2 is 1.77 bits per heavy atom. The molecule has 31 heavy (non-hydrogen) atoms. The summed E-state index contributed by atoms with van der Waals surface area (Å²) in [7, 11) is 0. The van der Waals surface area contributed by atoms with Crippen LogP contribution in [-0.2, 0) is 9.53 Å². The van der Waals surface area contributed by atoms with Gasteiger partial charge in [-0.05, 0) is 68.0 Å². The maximum Gasteiger partial charge on any atom is 0.249 e. The number of rotatable bonds is 4. The zero-order chi connectivity index (χ0) is 22.8. The van der Waals surface area contributed by atoms with Crippen LogP contribution in [0.1, 0.15) is 36.9 Å². The quantitative estimate of drug-likeness (QED) is 0.685. The summed E-state index contributed by atoms with van der Waals surface area (Å²) >= 11 is 11.5. The van der Waals surface area contributed by atoms with Crippen molar-refractivity contribution in [3.63, 3.8) is 0 Å². The van der Waals surface area contributed by atoms with E-state index >= 15 is 0 Å². The van der Waals surface area contributed by atoms with Crippen molar-refractivity contribution in [2.24, 2.45) is 5.92 Å². The van der Waals surface area contributed by atoms with Crippen LogP contribution in [0.2, 0.25) is 10.0 Å². The molecule has 2 aromatic carbocycles. The Kier molecular flexibility index (Phi) is 10.8. The first kappa shape index (κ1) is 25.6. The van der Waals surface area contributed by atoms with Crippen LogP contribution in [0, 0.1) is 12.8 Å². The number of amides is 1. The van der Waals surface area contributed by atoms with Crippen LogP contribution in [0.3, 0.4) is 0 Å². The molecule has 1 aliphatic heterocycles. The zero-order valence-corrected chi connectivity index (χ0v) is 19.5. The van der Waals surface area contributed by atoms with E-state index < -0.39 is 6.10 Å². The Labute approximate surface area is 194 Å². The van der Waals surface area contributed by atoms with Gasteiger partial charge in [0, 0.05) is 16.6 Å². The summed E-state index contributed by atoms with van der Waals surface area (Å²) in [6, 6.07) is 15.5. The van der Waals surface area contributed by atoms with Crippen LogP contribution in [-0.4, -0.2) is 53.5 Å². The minimum absolute atomic E-state index is 0.0455. The van der Waals surface area contributed by atoms with Crippen LogP contribution in [0.4, 0.5) is 0 Å². The molecule has 2 aliphatic rings. The van der Waals surface area contributed by atoms with E-state index in [2.05, 4.69) is 0 Å². The van der Waals surface area contributed by atoms with Gasteiger partial charge < -0.3 is 19.8 Å². The van der Waals surface area contributed by atoms with E-state index in [0.29, 0.717) is 12.5 Å². The van der Waals surface area contributed by atoms with Gasteiger partial charge in [-0.1, -0.05) is 47.5 Å². The highest BCUT2D eigenvalue weighted by Crippen LogP contribution is 2.34. The van der Waals surface area contributed by atoms with Gasteiger partial charge in [-0.3, -0.25) is 4.79 Å². The highest BCUT2D eigenvalue weighted by molar-refractivity contribution is 6.30. The molecule has 1 heterocycles. The van der Waals surface area contributed by atoms with Gasteiger partial charge in [-0.25, -0.2) is 0 Å². The fourth-order valence-corrected chi connectivity index (χ4v) is 3.35. The highest BCUT2D eigenvalue weighted by atomic mass is 35.5. The molecule has 170 valence electrons. The maximum atomic E-state index is 12.0. The van der Waals surface area contributed by atoms with Crippen molar-refractivity contribution < 1.29 is 19.7 Å². The number of carbonyl (C=O) groups is 1. The van der Waals surface area contributed by atoms with Crippen LogP contribution >= 0.6 is 23.2 Å². The summed E-state index contributed by atoms with van der Waals surface area (Å²) in [5.41, 5.74) is 2.31. The van der Waals surface area contributed by atoms with E-state index in [0.717, 1.165) is 22.2 Å². The van der Waals surface area contributed by atoms with Crippen molar-refractivity contribution in [3.8, 4) is 0 Å². The molecule has 0 bridgehead atoms. The fourth-order valence-electron chi connectivity index (χ4n) is 2.98. The second-order valence-electron chi connectivity index (χ2n) is 7.90. The number of nitrogens with zero attached hydrogens (tertiary/aromatic N) is 1. The Morgan fingerprint density at radius 1 is 1.13 bits per heavy atom. The third-order valence-electron chi connectivity index (χ3n) is 4.85. The lowest BCUT2D eigenvalue weighted by molar-refractivity contribution is -0.148. The Morgan fingerprint density at radius 3 is 2.26 bits per heavy atom. The van der Waals surface area contributed by atoms with Crippen LogP contribution in [0.5, 0.6) is 0 Å². The van der Waals surface area contributed by atoms with Crippen LogP contribution < -0.4 is 0 Å². The van der Waals surface area contributed by atoms with E-state index in [1.165, 1.54) is 25.3 Å². The van der Waals surface area contributed by atoms with Gasteiger partial charge in [-0.15, -0.1) is 0 Å². The van der Waals surface area contributed by atoms with Crippen molar-refractivity contribution in [2.75, 3.05) is 26.4 Å². The molecule has 0 radical (unpaired) electrons. The first-order chi connectivity index (χ1) is 14.8. The highest BCUT2D eigenvalue weighted by Gasteiger charge is 2.34. The zero-order valence-electron chi connectivity index (χ0n) is 18.0. The summed E-state index contributed by atoms with van der Waals surface area (Å²) in [4.78, 5) is 14.0. The second-order valence-corrected chi connectivity index (χ2v) is 8.78. The normalized spacial score (nSPS) is 19.0. The molecule has 1 aliphatic carbocycles. The Bertz CT molecular complexity index is 792. The third kappa shape index (κ3) is 9.58. The average molecular weight is 468 g/mol. The van der Waals surface area contributed by atoms with E-state index in [-0.39, 0.29) is 25.2 Å². The summed E-state index contributed by atoms with van der Waals surface area (Å²) < 4.78 is 5.39. The largest absolute Gasteiger partial charge is 0.394 e. The number of aliphatic hydroxyl groups is 2. The van der Waals surface area contributed by atoms with Crippen molar-refractivity contribution in [1.29, 1.82) is 0 Å². The number of carbonyl (C=O) groups excluding carboxylic acids is 1. The summed E-state index contributed by atoms with van der Waals surface area (Å²) in [5.74, 6) is 0.801. The van der Waals surface area contributed by atoms with E-state index in [1.54, 1.807) is 0 Å². The number of ether oxygens (including phenoxy) is 1. The predicted octanol–water partition coefficient (Wildman–Crippen LogP) is 4.66. The van der Waals surface area contributed by atoms with Crippen molar-refractivity contribution in [3.05, 3.63) is 69.7 Å². The van der Waals surface area contributed by atoms with E-state index in [1.807, 2.05) is 60.4 Å². The molecular formula is C24H31Cl2NO4. The monoisotopic (exact) mass is 467 g/mol. The molecule has 0 spiro atoms. The molecule has 0 aromatic heterocycles. The fraction of sp³-hybridized carbons (Fsp3) is 0.458. The number of benzene rings is 2. The molecule has 2 N–H and O–H groups in total. The van der Waals surface area contributed by atoms with Crippen LogP contribution in [0.25, 0.3) is 0 Å². The smallest absolute Gasteiger partial charge is 0.249 e. The molecule has 2 aromatic rings. The topological polar surface area (TPSA) is 70.0 Å². The lowest BCUT2D eigenvalue weighted by Gasteiger charge is -2.36. The summed E-state index contributed by atoms with van der Waals surface area (Å²) in [6.45, 7) is 5.08. The van der Waals surface area contributed by atoms with Gasteiger partial charge in [0.25, 0.3) is 0 Å². The van der Waals surface area contributed by atoms with Gasteiger partial charge >= 0.3 is 0 Å². The minimum Gasteiger partial charge on any atom is -0.394 e. The van der Waals surface area contributed by atoms with E-state index in [4.69, 9.17) is 38.2 Å². The number of hydrogen-bond acceptors (Lipinski definition) is 4. The van der Waals surface area contributed by atoms with Gasteiger partial charge in [0.05, 0.1) is 25.4 Å². The Hall–Kier alpha value is -1.63. The molecule has 1 saturated carbocycles. The van der Waals surface area contributed by atoms with Crippen LogP contribution in [0.15, 0.2) is 48.5 Å². The molecule has 4 rings (SSSR count). The standard InChI is InChI=1S/C14H16ClNO2.C7H7Cl.C3H8O2/c15-12-5-3-11(4-6-12)13-8-18-9-14(17)16(13)7-10-1-2-10;1-6-3-2-4-7(8)5-6;1-3(5)2-4/h3-6,10,13H,1-2,7-9H2;2-5H,1H3;3-5H,2H2,1H3/t13-;;/m1../s1. The van der Waals surface area contributed by atoms with E-state index in [9.17, 15) is 4.79 Å². The SMILES string of the molecule is CC(O)CO.Cc1cccc(Cl)c1.O=C1COC[C@H](c2ccc(Cl)cc2)N1CC1CC1. The molecule has 2 fully saturated rings. The second kappa shape index (κ2) is 13.0. The number of hydrogen-bond donors (Lipinski definition) is 2. The molecule has 1 saturated heterocycles. The van der Waals surface area contributed by atoms with Gasteiger partial charge in [0.2, 0.25) is 5.91 Å². The van der Waals surface area contributed by atoms with Gasteiger partial charge in [-0.2, -0.15) is 0 Å². The number of halogens is 2. The van der Waals surface area contributed by atoms with Crippen molar-refractivity contribution >= 4 is 29.1 Å². The number of aliphatic hydroxyl groups excluding tert-OH is 2. The van der Waals surface area contributed by atoms with Crippen molar-refractivity contribution in [1.82, 2.24) is 4.90 Å². The first-order valence-electron chi connectivity index (χ1n) is 10.4. The van der Waals surface area contributed by atoms with Crippen molar-refractivity contribution in [2.45, 2.75) is 38.8 Å². The molecule has 2 atom stereocenters. The van der Waals surface area contributed by atoms with Gasteiger partial charge in [0.15, 0.2) is 0 Å². The van der Waals surface area contributed by atoms with Gasteiger partial charge in [0.1, 0.15) is 6.61 Å². The minimum atomic E-state index is -0.560. The number of aryl methyl sites for hydroxylation is 1. The summed E-state index contributed by atoms with van der Waals surface area (Å²) in [6.07, 6.45) is 1.94. The molecule has 5 nitrogen and oxygen atoms in total.